The van der Waals surface area contributed by atoms with Gasteiger partial charge in [-0.2, -0.15) is 5.10 Å². The van der Waals surface area contributed by atoms with Crippen LogP contribution in [0.1, 0.15) is 26.7 Å². The van der Waals surface area contributed by atoms with Gasteiger partial charge in [-0.25, -0.2) is 9.97 Å². The molecule has 0 aromatic carbocycles. The SMILES string of the molecule is CC(C)CN1CCC[C@@H]1CNc1ncnc2[nH]ncc12. The lowest BCUT2D eigenvalue weighted by Crippen LogP contribution is -2.37. The predicted molar refractivity (Wildman–Crippen MR) is 79.6 cm³/mol. The van der Waals surface area contributed by atoms with E-state index < -0.39 is 0 Å². The zero-order valence-electron chi connectivity index (χ0n) is 12.1. The minimum absolute atomic E-state index is 0.606. The highest BCUT2D eigenvalue weighted by Gasteiger charge is 2.24. The Kier molecular flexibility index (Phi) is 3.82. The van der Waals surface area contributed by atoms with Crippen molar-refractivity contribution in [1.29, 1.82) is 0 Å². The van der Waals surface area contributed by atoms with Crippen molar-refractivity contribution in [1.82, 2.24) is 25.1 Å². The molecule has 1 aliphatic rings. The fraction of sp³-hybridized carbons (Fsp3) is 0.643. The van der Waals surface area contributed by atoms with E-state index in [9.17, 15) is 0 Å². The van der Waals surface area contributed by atoms with Crippen molar-refractivity contribution in [3.8, 4) is 0 Å². The van der Waals surface area contributed by atoms with E-state index in [0.717, 1.165) is 29.3 Å². The second kappa shape index (κ2) is 5.75. The van der Waals surface area contributed by atoms with E-state index in [1.807, 2.05) is 0 Å². The fourth-order valence-corrected chi connectivity index (χ4v) is 2.96. The molecule has 2 N–H and O–H groups in total. The summed E-state index contributed by atoms with van der Waals surface area (Å²) in [5.74, 6) is 1.59. The van der Waals surface area contributed by atoms with Crippen LogP contribution in [0.4, 0.5) is 5.82 Å². The first kappa shape index (κ1) is 13.3. The normalized spacial score (nSPS) is 20.1. The van der Waals surface area contributed by atoms with Crippen molar-refractivity contribution in [3.63, 3.8) is 0 Å². The van der Waals surface area contributed by atoms with Crippen LogP contribution < -0.4 is 5.32 Å². The molecule has 0 spiro atoms. The van der Waals surface area contributed by atoms with Crippen LogP contribution in [-0.2, 0) is 0 Å². The van der Waals surface area contributed by atoms with Gasteiger partial charge in [-0.3, -0.25) is 10.00 Å². The third-order valence-corrected chi connectivity index (χ3v) is 3.85. The first-order valence-corrected chi connectivity index (χ1v) is 7.36. The summed E-state index contributed by atoms with van der Waals surface area (Å²) in [4.78, 5) is 11.1. The molecule has 108 valence electrons. The Hall–Kier alpha value is -1.69. The Morgan fingerprint density at radius 3 is 3.20 bits per heavy atom. The maximum atomic E-state index is 4.33. The summed E-state index contributed by atoms with van der Waals surface area (Å²) in [6, 6.07) is 0.606. The second-order valence-electron chi connectivity index (χ2n) is 5.92. The molecule has 3 rings (SSSR count). The Labute approximate surface area is 119 Å². The lowest BCUT2D eigenvalue weighted by molar-refractivity contribution is 0.234. The van der Waals surface area contributed by atoms with Gasteiger partial charge in [0.2, 0.25) is 0 Å². The number of aromatic amines is 1. The summed E-state index contributed by atoms with van der Waals surface area (Å²) in [5.41, 5.74) is 0.785. The minimum Gasteiger partial charge on any atom is -0.368 e. The summed E-state index contributed by atoms with van der Waals surface area (Å²) in [6.07, 6.45) is 5.91. The lowest BCUT2D eigenvalue weighted by atomic mass is 10.1. The van der Waals surface area contributed by atoms with Gasteiger partial charge in [0, 0.05) is 19.1 Å². The molecule has 3 heterocycles. The van der Waals surface area contributed by atoms with Gasteiger partial charge in [-0.1, -0.05) is 13.8 Å². The predicted octanol–water partition coefficient (Wildman–Crippen LogP) is 1.89. The number of fused-ring (bicyclic) bond motifs is 1. The van der Waals surface area contributed by atoms with Crippen LogP contribution in [0, 0.1) is 5.92 Å². The van der Waals surface area contributed by atoms with Gasteiger partial charge >= 0.3 is 0 Å². The molecular weight excluding hydrogens is 252 g/mol. The average molecular weight is 274 g/mol. The van der Waals surface area contributed by atoms with Gasteiger partial charge in [-0.15, -0.1) is 0 Å². The molecule has 0 aliphatic carbocycles. The lowest BCUT2D eigenvalue weighted by Gasteiger charge is -2.26. The number of nitrogens with zero attached hydrogens (tertiary/aromatic N) is 4. The molecule has 0 bridgehead atoms. The zero-order valence-corrected chi connectivity index (χ0v) is 12.1. The maximum Gasteiger partial charge on any atom is 0.160 e. The number of H-pyrrole nitrogens is 1. The Balaban J connectivity index is 1.65. The van der Waals surface area contributed by atoms with Gasteiger partial charge in [0.25, 0.3) is 0 Å². The van der Waals surface area contributed by atoms with Gasteiger partial charge in [0.1, 0.15) is 12.1 Å². The standard InChI is InChI=1S/C14H22N6/c1-10(2)8-20-5-3-4-11(20)6-15-13-12-7-18-19-14(12)17-9-16-13/h7,9-11H,3-6,8H2,1-2H3,(H2,15,16,17,18,19)/t11-/m1/s1. The molecule has 1 aliphatic heterocycles. The average Bonchev–Trinajstić information content (AvgIpc) is 3.04. The zero-order chi connectivity index (χ0) is 13.9. The molecule has 2 aromatic rings. The van der Waals surface area contributed by atoms with E-state index in [1.165, 1.54) is 25.9 Å². The number of likely N-dealkylation sites (tertiary alicyclic amines) is 1. The third kappa shape index (κ3) is 2.75. The molecule has 6 heteroatoms. The Morgan fingerprint density at radius 2 is 2.35 bits per heavy atom. The molecule has 0 unspecified atom stereocenters. The third-order valence-electron chi connectivity index (χ3n) is 3.85. The van der Waals surface area contributed by atoms with Gasteiger partial charge in [-0.05, 0) is 25.3 Å². The van der Waals surface area contributed by atoms with Crippen LogP contribution in [0.5, 0.6) is 0 Å². The summed E-state index contributed by atoms with van der Waals surface area (Å²) in [5, 5.41) is 11.3. The van der Waals surface area contributed by atoms with Crippen LogP contribution in [0.15, 0.2) is 12.5 Å². The van der Waals surface area contributed by atoms with Crippen molar-refractivity contribution in [3.05, 3.63) is 12.5 Å². The summed E-state index contributed by atoms with van der Waals surface area (Å²) in [7, 11) is 0. The quantitative estimate of drug-likeness (QED) is 0.871. The number of nitrogens with one attached hydrogen (secondary N) is 2. The monoisotopic (exact) mass is 274 g/mol. The van der Waals surface area contributed by atoms with Crippen molar-refractivity contribution in [2.75, 3.05) is 25.0 Å². The highest BCUT2D eigenvalue weighted by Crippen LogP contribution is 2.21. The number of aromatic nitrogens is 4. The van der Waals surface area contributed by atoms with Crippen LogP contribution in [0.3, 0.4) is 0 Å². The molecule has 1 atom stereocenters. The largest absolute Gasteiger partial charge is 0.368 e. The Bertz CT molecular complexity index is 564. The van der Waals surface area contributed by atoms with Crippen LogP contribution >= 0.6 is 0 Å². The van der Waals surface area contributed by atoms with E-state index >= 15 is 0 Å². The van der Waals surface area contributed by atoms with Crippen LogP contribution in [-0.4, -0.2) is 50.7 Å². The summed E-state index contributed by atoms with van der Waals surface area (Å²) in [6.45, 7) is 7.89. The van der Waals surface area contributed by atoms with Gasteiger partial charge in [0.05, 0.1) is 11.6 Å². The van der Waals surface area contributed by atoms with Crippen molar-refractivity contribution in [2.45, 2.75) is 32.7 Å². The highest BCUT2D eigenvalue weighted by molar-refractivity contribution is 5.85. The van der Waals surface area contributed by atoms with E-state index in [0.29, 0.717) is 6.04 Å². The molecule has 1 saturated heterocycles. The maximum absolute atomic E-state index is 4.33. The molecule has 0 radical (unpaired) electrons. The molecule has 1 fully saturated rings. The van der Waals surface area contributed by atoms with Crippen molar-refractivity contribution >= 4 is 16.9 Å². The first-order valence-electron chi connectivity index (χ1n) is 7.36. The van der Waals surface area contributed by atoms with Crippen molar-refractivity contribution in [2.24, 2.45) is 5.92 Å². The topological polar surface area (TPSA) is 69.7 Å². The van der Waals surface area contributed by atoms with Crippen molar-refractivity contribution < 1.29 is 0 Å². The highest BCUT2D eigenvalue weighted by atomic mass is 15.2. The van der Waals surface area contributed by atoms with Gasteiger partial charge < -0.3 is 5.32 Å². The molecule has 0 saturated carbocycles. The molecular formula is C14H22N6. The molecule has 20 heavy (non-hydrogen) atoms. The smallest absolute Gasteiger partial charge is 0.160 e. The van der Waals surface area contributed by atoms with E-state index in [1.54, 1.807) is 12.5 Å². The Morgan fingerprint density at radius 1 is 1.45 bits per heavy atom. The summed E-state index contributed by atoms with van der Waals surface area (Å²) < 4.78 is 0. The molecule has 6 nitrogen and oxygen atoms in total. The van der Waals surface area contributed by atoms with E-state index in [4.69, 9.17) is 0 Å². The number of hydrogen-bond donors (Lipinski definition) is 2. The molecule has 0 amide bonds. The number of rotatable bonds is 5. The van der Waals surface area contributed by atoms with Crippen LogP contribution in [0.2, 0.25) is 0 Å². The van der Waals surface area contributed by atoms with E-state index in [2.05, 4.69) is 44.2 Å². The first-order chi connectivity index (χ1) is 9.74. The second-order valence-corrected chi connectivity index (χ2v) is 5.92. The molecule has 2 aromatic heterocycles. The van der Waals surface area contributed by atoms with Crippen LogP contribution in [0.25, 0.3) is 11.0 Å². The number of hydrogen-bond acceptors (Lipinski definition) is 5. The van der Waals surface area contributed by atoms with E-state index in [-0.39, 0.29) is 0 Å². The summed E-state index contributed by atoms with van der Waals surface area (Å²) >= 11 is 0. The van der Waals surface area contributed by atoms with Gasteiger partial charge in [0.15, 0.2) is 5.65 Å². The number of anilines is 1. The minimum atomic E-state index is 0.606. The fourth-order valence-electron chi connectivity index (χ4n) is 2.96.